The molecular weight excluding hydrogens is 297 g/mol. The number of nitro benzene ring substituents is 1. The van der Waals surface area contributed by atoms with Crippen LogP contribution in [0.25, 0.3) is 0 Å². The normalized spacial score (nSPS) is 10.3. The Morgan fingerprint density at radius 2 is 1.90 bits per heavy atom. The van der Waals surface area contributed by atoms with Gasteiger partial charge in [0.15, 0.2) is 0 Å². The average molecular weight is 307 g/mol. The molecule has 0 radical (unpaired) electrons. The predicted molar refractivity (Wildman–Crippen MR) is 75.0 cm³/mol. The Bertz CT molecular complexity index is 688. The molecule has 0 amide bonds. The van der Waals surface area contributed by atoms with Crippen LogP contribution in [0, 0.1) is 15.9 Å². The summed E-state index contributed by atoms with van der Waals surface area (Å²) in [6.07, 6.45) is -0.0817. The average Bonchev–Trinajstić information content (AvgIpc) is 2.42. The fraction of sp³-hybridized carbons (Fsp3) is 0.0714. The van der Waals surface area contributed by atoms with Crippen LogP contribution in [0.2, 0.25) is 0 Å². The summed E-state index contributed by atoms with van der Waals surface area (Å²) in [7, 11) is 0. The Morgan fingerprint density at radius 3 is 2.48 bits per heavy atom. The molecule has 2 aromatic carbocycles. The van der Waals surface area contributed by atoms with Crippen molar-refractivity contribution in [3.05, 3.63) is 64.0 Å². The molecule has 108 valence electrons. The van der Waals surface area contributed by atoms with Crippen LogP contribution >= 0.6 is 11.8 Å². The van der Waals surface area contributed by atoms with E-state index in [0.717, 1.165) is 23.9 Å². The summed E-state index contributed by atoms with van der Waals surface area (Å²) in [5.74, 6) is -1.59. The molecule has 0 atom stereocenters. The van der Waals surface area contributed by atoms with Crippen molar-refractivity contribution in [3.8, 4) is 0 Å². The van der Waals surface area contributed by atoms with Crippen LogP contribution in [0.1, 0.15) is 5.56 Å². The van der Waals surface area contributed by atoms with Crippen LogP contribution < -0.4 is 0 Å². The number of carbonyl (C=O) groups is 1. The number of benzene rings is 2. The molecule has 7 heteroatoms. The van der Waals surface area contributed by atoms with Crippen LogP contribution in [0.5, 0.6) is 0 Å². The van der Waals surface area contributed by atoms with E-state index in [1.807, 2.05) is 0 Å². The monoisotopic (exact) mass is 307 g/mol. The molecule has 0 aliphatic heterocycles. The quantitative estimate of drug-likeness (QED) is 0.675. The third kappa shape index (κ3) is 4.03. The maximum absolute atomic E-state index is 13.1. The number of carboxylic acids is 1. The van der Waals surface area contributed by atoms with Crippen molar-refractivity contribution in [3.63, 3.8) is 0 Å². The van der Waals surface area contributed by atoms with Crippen LogP contribution in [0.15, 0.2) is 52.3 Å². The van der Waals surface area contributed by atoms with E-state index in [0.29, 0.717) is 15.4 Å². The maximum Gasteiger partial charge on any atom is 0.307 e. The van der Waals surface area contributed by atoms with Gasteiger partial charge >= 0.3 is 5.97 Å². The predicted octanol–water partition coefficient (Wildman–Crippen LogP) is 3.51. The van der Waals surface area contributed by atoms with E-state index in [1.54, 1.807) is 24.3 Å². The van der Waals surface area contributed by atoms with Crippen molar-refractivity contribution in [2.45, 2.75) is 16.2 Å². The van der Waals surface area contributed by atoms with E-state index in [1.165, 1.54) is 6.07 Å². The van der Waals surface area contributed by atoms with Crippen molar-refractivity contribution in [1.29, 1.82) is 0 Å². The standard InChI is InChI=1S/C14H10FNO4S/c15-10-3-6-13(12(8-10)16(19)20)21-11-4-1-9(2-5-11)7-14(17)18/h1-6,8H,7H2,(H,17,18). The highest BCUT2D eigenvalue weighted by molar-refractivity contribution is 7.99. The van der Waals surface area contributed by atoms with Crippen molar-refractivity contribution < 1.29 is 19.2 Å². The minimum atomic E-state index is -0.926. The number of hydrogen-bond acceptors (Lipinski definition) is 4. The SMILES string of the molecule is O=C(O)Cc1ccc(Sc2ccc(F)cc2[N+](=O)[O-])cc1. The fourth-order valence-electron chi connectivity index (χ4n) is 1.70. The summed E-state index contributed by atoms with van der Waals surface area (Å²) in [5, 5.41) is 19.6. The second-order valence-electron chi connectivity index (χ2n) is 4.19. The molecule has 0 unspecified atom stereocenters. The molecule has 21 heavy (non-hydrogen) atoms. The number of rotatable bonds is 5. The van der Waals surface area contributed by atoms with Gasteiger partial charge in [0, 0.05) is 4.90 Å². The molecule has 0 aromatic heterocycles. The Hall–Kier alpha value is -2.41. The zero-order valence-electron chi connectivity index (χ0n) is 10.7. The van der Waals surface area contributed by atoms with Gasteiger partial charge in [-0.3, -0.25) is 14.9 Å². The molecular formula is C14H10FNO4S. The summed E-state index contributed by atoms with van der Waals surface area (Å²) >= 11 is 1.12. The van der Waals surface area contributed by atoms with Crippen molar-refractivity contribution >= 4 is 23.4 Å². The zero-order valence-corrected chi connectivity index (χ0v) is 11.5. The summed E-state index contributed by atoms with van der Waals surface area (Å²) in [4.78, 5) is 21.9. The van der Waals surface area contributed by atoms with Crippen molar-refractivity contribution in [2.75, 3.05) is 0 Å². The summed E-state index contributed by atoms with van der Waals surface area (Å²) in [6, 6.07) is 10.0. The lowest BCUT2D eigenvalue weighted by molar-refractivity contribution is -0.387. The number of carboxylic acid groups (broad SMARTS) is 1. The van der Waals surface area contributed by atoms with Gasteiger partial charge in [-0.15, -0.1) is 0 Å². The molecule has 2 aromatic rings. The summed E-state index contributed by atoms with van der Waals surface area (Å²) in [6.45, 7) is 0. The van der Waals surface area contributed by atoms with Gasteiger partial charge in [-0.1, -0.05) is 23.9 Å². The highest BCUT2D eigenvalue weighted by Crippen LogP contribution is 2.35. The van der Waals surface area contributed by atoms with Crippen LogP contribution in [0.4, 0.5) is 10.1 Å². The van der Waals surface area contributed by atoms with Gasteiger partial charge < -0.3 is 5.11 Å². The largest absolute Gasteiger partial charge is 0.481 e. The molecule has 1 N–H and O–H groups in total. The number of nitrogens with zero attached hydrogens (tertiary/aromatic N) is 1. The Balaban J connectivity index is 2.22. The van der Waals surface area contributed by atoms with Gasteiger partial charge in [0.2, 0.25) is 0 Å². The van der Waals surface area contributed by atoms with Crippen molar-refractivity contribution in [2.24, 2.45) is 0 Å². The van der Waals surface area contributed by atoms with Gasteiger partial charge in [0.25, 0.3) is 5.69 Å². The minimum Gasteiger partial charge on any atom is -0.481 e. The highest BCUT2D eigenvalue weighted by Gasteiger charge is 2.16. The topological polar surface area (TPSA) is 80.4 Å². The number of hydrogen-bond donors (Lipinski definition) is 1. The zero-order chi connectivity index (χ0) is 15.4. The van der Waals surface area contributed by atoms with Gasteiger partial charge in [-0.05, 0) is 29.8 Å². The Labute approximate surface area is 123 Å². The third-order valence-electron chi connectivity index (χ3n) is 2.62. The fourth-order valence-corrected chi connectivity index (χ4v) is 2.60. The summed E-state index contributed by atoms with van der Waals surface area (Å²) < 4.78 is 13.1. The number of halogens is 1. The van der Waals surface area contributed by atoms with Gasteiger partial charge in [-0.25, -0.2) is 4.39 Å². The molecule has 0 spiro atoms. The van der Waals surface area contributed by atoms with Crippen molar-refractivity contribution in [1.82, 2.24) is 0 Å². The van der Waals surface area contributed by atoms with E-state index in [9.17, 15) is 19.3 Å². The van der Waals surface area contributed by atoms with E-state index in [2.05, 4.69) is 0 Å². The van der Waals surface area contributed by atoms with E-state index in [-0.39, 0.29) is 12.1 Å². The van der Waals surface area contributed by atoms with Gasteiger partial charge in [0.1, 0.15) is 5.82 Å². The molecule has 0 fully saturated rings. The Kier molecular flexibility index (Phi) is 4.54. The molecule has 0 saturated heterocycles. The van der Waals surface area contributed by atoms with E-state index in [4.69, 9.17) is 5.11 Å². The number of nitro groups is 1. The number of aliphatic carboxylic acids is 1. The highest BCUT2D eigenvalue weighted by atomic mass is 32.2. The molecule has 0 aliphatic carbocycles. The van der Waals surface area contributed by atoms with Crippen LogP contribution in [-0.2, 0) is 11.2 Å². The lowest BCUT2D eigenvalue weighted by Gasteiger charge is -2.04. The van der Waals surface area contributed by atoms with Gasteiger partial charge in [0.05, 0.1) is 22.3 Å². The first-order valence-corrected chi connectivity index (χ1v) is 6.70. The minimum absolute atomic E-state index is 0.0817. The molecule has 0 aliphatic rings. The van der Waals surface area contributed by atoms with Crippen LogP contribution in [0.3, 0.4) is 0 Å². The smallest absolute Gasteiger partial charge is 0.307 e. The molecule has 0 bridgehead atoms. The first-order chi connectivity index (χ1) is 9.95. The molecule has 0 saturated carbocycles. The molecule has 0 heterocycles. The lowest BCUT2D eigenvalue weighted by atomic mass is 10.2. The first kappa shape index (κ1) is 15.0. The second-order valence-corrected chi connectivity index (χ2v) is 5.30. The van der Waals surface area contributed by atoms with E-state index >= 15 is 0 Å². The third-order valence-corrected chi connectivity index (χ3v) is 3.70. The molecule has 5 nitrogen and oxygen atoms in total. The molecule has 2 rings (SSSR count). The van der Waals surface area contributed by atoms with Crippen LogP contribution in [-0.4, -0.2) is 16.0 Å². The maximum atomic E-state index is 13.1. The van der Waals surface area contributed by atoms with Gasteiger partial charge in [-0.2, -0.15) is 0 Å². The Morgan fingerprint density at radius 1 is 1.24 bits per heavy atom. The lowest BCUT2D eigenvalue weighted by Crippen LogP contribution is -1.99. The summed E-state index contributed by atoms with van der Waals surface area (Å²) in [5.41, 5.74) is 0.343. The first-order valence-electron chi connectivity index (χ1n) is 5.88. The second kappa shape index (κ2) is 6.36. The van der Waals surface area contributed by atoms with E-state index < -0.39 is 16.7 Å².